The molecule has 100 valence electrons. The van der Waals surface area contributed by atoms with Gasteiger partial charge in [-0.2, -0.15) is 0 Å². The first-order chi connectivity index (χ1) is 8.41. The first kappa shape index (κ1) is 21.3. The quantitative estimate of drug-likeness (QED) is 0.452. The molecular formula is C17H32. The van der Waals surface area contributed by atoms with E-state index in [1.54, 1.807) is 0 Å². The van der Waals surface area contributed by atoms with E-state index in [0.717, 1.165) is 12.8 Å². The lowest BCUT2D eigenvalue weighted by Crippen LogP contribution is -1.37. The first-order valence-electron chi connectivity index (χ1n) is 7.05. The minimum absolute atomic E-state index is 1.14. The molecule has 0 aliphatic heterocycles. The molecule has 0 unspecified atom stereocenters. The van der Waals surface area contributed by atoms with Crippen molar-refractivity contribution in [3.8, 4) is 0 Å². The second-order valence-electron chi connectivity index (χ2n) is 2.89. The molecule has 0 radical (unpaired) electrons. The van der Waals surface area contributed by atoms with Crippen molar-refractivity contribution in [2.24, 2.45) is 0 Å². The van der Waals surface area contributed by atoms with Gasteiger partial charge in [-0.1, -0.05) is 96.6 Å². The van der Waals surface area contributed by atoms with Crippen molar-refractivity contribution in [3.05, 3.63) is 48.6 Å². The van der Waals surface area contributed by atoms with Crippen LogP contribution in [-0.2, 0) is 0 Å². The number of hydrogen-bond donors (Lipinski definition) is 0. The molecule has 0 spiro atoms. The van der Waals surface area contributed by atoms with Crippen molar-refractivity contribution in [3.63, 3.8) is 0 Å². The molecule has 0 fully saturated rings. The van der Waals surface area contributed by atoms with Crippen molar-refractivity contribution in [1.29, 1.82) is 0 Å². The van der Waals surface area contributed by atoms with Gasteiger partial charge in [0.05, 0.1) is 0 Å². The average molecular weight is 236 g/mol. The van der Waals surface area contributed by atoms with Crippen molar-refractivity contribution in [2.75, 3.05) is 0 Å². The third-order valence-corrected chi connectivity index (χ3v) is 1.31. The first-order valence-corrected chi connectivity index (χ1v) is 7.05. The Morgan fingerprint density at radius 3 is 0.824 bits per heavy atom. The van der Waals surface area contributed by atoms with Gasteiger partial charge in [-0.15, -0.1) is 0 Å². The van der Waals surface area contributed by atoms with E-state index in [-0.39, 0.29) is 0 Å². The lowest BCUT2D eigenvalue weighted by Gasteiger charge is -1.57. The molecule has 0 atom stereocenters. The summed E-state index contributed by atoms with van der Waals surface area (Å²) in [5.41, 5.74) is 0. The van der Waals surface area contributed by atoms with Crippen molar-refractivity contribution < 1.29 is 0 Å². The highest BCUT2D eigenvalue weighted by Crippen LogP contribution is 1.93. The largest absolute Gasteiger partial charge is 0.0808 e. The van der Waals surface area contributed by atoms with Crippen LogP contribution < -0.4 is 0 Å². The molecule has 2 aliphatic carbocycles. The Bertz CT molecular complexity index is 150. The van der Waals surface area contributed by atoms with Gasteiger partial charge in [-0.3, -0.25) is 0 Å². The number of allylic oxidation sites excluding steroid dienone is 8. The summed E-state index contributed by atoms with van der Waals surface area (Å²) in [4.78, 5) is 0. The Morgan fingerprint density at radius 2 is 0.765 bits per heavy atom. The molecule has 0 saturated heterocycles. The van der Waals surface area contributed by atoms with E-state index in [4.69, 9.17) is 0 Å². The normalized spacial score (nSPS) is 12.1. The fraction of sp³-hybridized carbons (Fsp3) is 0.529. The van der Waals surface area contributed by atoms with Crippen molar-refractivity contribution in [2.45, 2.75) is 60.8 Å². The number of rotatable bonds is 0. The predicted octanol–water partition coefficient (Wildman–Crippen LogP) is 6.47. The van der Waals surface area contributed by atoms with Crippen LogP contribution in [0.5, 0.6) is 0 Å². The molecule has 0 N–H and O–H groups in total. The van der Waals surface area contributed by atoms with Crippen LogP contribution in [0.3, 0.4) is 0 Å². The summed E-state index contributed by atoms with van der Waals surface area (Å²) >= 11 is 0. The molecule has 0 heterocycles. The average Bonchev–Trinajstić information content (AvgIpc) is 3.13. The summed E-state index contributed by atoms with van der Waals surface area (Å²) in [5, 5.41) is 0. The Kier molecular flexibility index (Phi) is 36.8. The van der Waals surface area contributed by atoms with Crippen LogP contribution in [0.4, 0.5) is 0 Å². The monoisotopic (exact) mass is 236 g/mol. The van der Waals surface area contributed by atoms with Gasteiger partial charge in [-0.25, -0.2) is 0 Å². The molecule has 0 bridgehead atoms. The summed E-state index contributed by atoms with van der Waals surface area (Å²) < 4.78 is 0. The highest BCUT2D eigenvalue weighted by Gasteiger charge is 1.72. The second kappa shape index (κ2) is 29.4. The van der Waals surface area contributed by atoms with Crippen LogP contribution in [0.2, 0.25) is 0 Å². The van der Waals surface area contributed by atoms with Gasteiger partial charge < -0.3 is 0 Å². The van der Waals surface area contributed by atoms with E-state index < -0.39 is 0 Å². The van der Waals surface area contributed by atoms with Gasteiger partial charge in [0.1, 0.15) is 0 Å². The lowest BCUT2D eigenvalue weighted by atomic mass is 10.5. The van der Waals surface area contributed by atoms with Gasteiger partial charge in [-0.05, 0) is 12.8 Å². The van der Waals surface area contributed by atoms with Gasteiger partial charge in [0.25, 0.3) is 0 Å². The zero-order valence-electron chi connectivity index (χ0n) is 12.7. The third-order valence-electron chi connectivity index (χ3n) is 1.31. The van der Waals surface area contributed by atoms with Crippen LogP contribution in [0.1, 0.15) is 60.8 Å². The second-order valence-corrected chi connectivity index (χ2v) is 2.89. The Labute approximate surface area is 110 Å². The van der Waals surface area contributed by atoms with Gasteiger partial charge >= 0.3 is 0 Å². The third kappa shape index (κ3) is 31.3. The number of hydrogen-bond acceptors (Lipinski definition) is 0. The minimum Gasteiger partial charge on any atom is -0.0808 e. The SMILES string of the molecule is C1=CCC=C1.C1=CCC=C1.CC.CC.CCC. The molecule has 0 amide bonds. The fourth-order valence-electron chi connectivity index (χ4n) is 0.786. The molecule has 0 heteroatoms. The summed E-state index contributed by atoms with van der Waals surface area (Å²) in [7, 11) is 0. The summed E-state index contributed by atoms with van der Waals surface area (Å²) in [6.07, 6.45) is 20.2. The van der Waals surface area contributed by atoms with Gasteiger partial charge in [0.2, 0.25) is 0 Å². The molecule has 0 aromatic rings. The molecule has 0 aromatic carbocycles. The maximum Gasteiger partial charge on any atom is -0.0163 e. The molecule has 2 aliphatic rings. The van der Waals surface area contributed by atoms with E-state index >= 15 is 0 Å². The fourth-order valence-corrected chi connectivity index (χ4v) is 0.786. The summed E-state index contributed by atoms with van der Waals surface area (Å²) in [5.74, 6) is 0. The van der Waals surface area contributed by atoms with E-state index in [2.05, 4.69) is 62.5 Å². The summed E-state index contributed by atoms with van der Waals surface area (Å²) in [6, 6.07) is 0. The topological polar surface area (TPSA) is 0 Å². The Hall–Kier alpha value is -1.04. The summed E-state index contributed by atoms with van der Waals surface area (Å²) in [6.45, 7) is 12.2. The van der Waals surface area contributed by atoms with E-state index in [9.17, 15) is 0 Å². The standard InChI is InChI=1S/2C5H6.C3H8.2C2H6/c2*1-2-4-5-3-1;1-3-2;2*1-2/h2*1-4H,5H2;3H2,1-2H3;2*1-2H3. The molecule has 0 saturated carbocycles. The minimum atomic E-state index is 1.14. The van der Waals surface area contributed by atoms with E-state index in [1.165, 1.54) is 6.42 Å². The highest BCUT2D eigenvalue weighted by molar-refractivity contribution is 5.12. The Balaban J connectivity index is -0.000000155. The van der Waals surface area contributed by atoms with Crippen LogP contribution >= 0.6 is 0 Å². The zero-order valence-corrected chi connectivity index (χ0v) is 12.7. The van der Waals surface area contributed by atoms with E-state index in [0.29, 0.717) is 0 Å². The lowest BCUT2D eigenvalue weighted by molar-refractivity contribution is 1.09. The smallest absolute Gasteiger partial charge is 0.0163 e. The molecular weight excluding hydrogens is 204 g/mol. The molecule has 17 heavy (non-hydrogen) atoms. The predicted molar refractivity (Wildman–Crippen MR) is 84.5 cm³/mol. The van der Waals surface area contributed by atoms with Crippen LogP contribution in [-0.4, -0.2) is 0 Å². The van der Waals surface area contributed by atoms with Crippen LogP contribution in [0, 0.1) is 0 Å². The van der Waals surface area contributed by atoms with Gasteiger partial charge in [0.15, 0.2) is 0 Å². The van der Waals surface area contributed by atoms with Crippen molar-refractivity contribution >= 4 is 0 Å². The zero-order chi connectivity index (χ0) is 13.8. The molecule has 2 rings (SSSR count). The van der Waals surface area contributed by atoms with Gasteiger partial charge in [0, 0.05) is 0 Å². The maximum absolute atomic E-state index is 2.12. The van der Waals surface area contributed by atoms with E-state index in [1.807, 2.05) is 27.7 Å². The molecule has 0 nitrogen and oxygen atoms in total. The van der Waals surface area contributed by atoms with Crippen molar-refractivity contribution in [1.82, 2.24) is 0 Å². The van der Waals surface area contributed by atoms with Crippen LogP contribution in [0.15, 0.2) is 48.6 Å². The Morgan fingerprint density at radius 1 is 0.588 bits per heavy atom. The molecule has 0 aromatic heterocycles. The highest BCUT2D eigenvalue weighted by atomic mass is 13.8. The van der Waals surface area contributed by atoms with Crippen LogP contribution in [0.25, 0.3) is 0 Å². The maximum atomic E-state index is 2.12.